The lowest BCUT2D eigenvalue weighted by Gasteiger charge is -2.17. The summed E-state index contributed by atoms with van der Waals surface area (Å²) in [5, 5.41) is 12.0. The predicted molar refractivity (Wildman–Crippen MR) is 202 cm³/mol. The highest BCUT2D eigenvalue weighted by Crippen LogP contribution is 2.45. The molecule has 2 heteroatoms. The Labute approximate surface area is 276 Å². The Balaban J connectivity index is 1.15. The van der Waals surface area contributed by atoms with Crippen LogP contribution in [0.2, 0.25) is 0 Å². The highest BCUT2D eigenvalue weighted by Gasteiger charge is 2.21. The van der Waals surface area contributed by atoms with Gasteiger partial charge in [-0.15, -0.1) is 0 Å². The van der Waals surface area contributed by atoms with Crippen LogP contribution in [0.3, 0.4) is 0 Å². The largest absolute Gasteiger partial charge is 0.455 e. The quantitative estimate of drug-likeness (QED) is 0.182. The van der Waals surface area contributed by atoms with Crippen molar-refractivity contribution in [1.82, 2.24) is 0 Å². The number of furan rings is 2. The van der Waals surface area contributed by atoms with Crippen LogP contribution in [-0.4, -0.2) is 0 Å². The molecule has 2 heterocycles. The molecule has 0 atom stereocenters. The molecule has 0 aliphatic heterocycles. The topological polar surface area (TPSA) is 26.3 Å². The molecule has 2 aromatic heterocycles. The molecule has 0 amide bonds. The summed E-state index contributed by atoms with van der Waals surface area (Å²) in [7, 11) is 0. The van der Waals surface area contributed by atoms with Crippen LogP contribution in [0.5, 0.6) is 0 Å². The van der Waals surface area contributed by atoms with Gasteiger partial charge in [0.2, 0.25) is 0 Å². The minimum absolute atomic E-state index is 0.835. The van der Waals surface area contributed by atoms with Gasteiger partial charge in [-0.2, -0.15) is 0 Å². The summed E-state index contributed by atoms with van der Waals surface area (Å²) in [6, 6.07) is 48.2. The highest BCUT2D eigenvalue weighted by atomic mass is 16.3. The lowest BCUT2D eigenvalue weighted by atomic mass is 9.87. The van der Waals surface area contributed by atoms with Crippen LogP contribution >= 0.6 is 0 Å². The lowest BCUT2D eigenvalue weighted by Crippen LogP contribution is -1.97. The first-order chi connectivity index (χ1) is 23.8. The van der Waals surface area contributed by atoms with E-state index in [1.165, 1.54) is 54.6 Å². The third kappa shape index (κ3) is 3.57. The zero-order valence-electron chi connectivity index (χ0n) is 26.1. The van der Waals surface area contributed by atoms with Crippen molar-refractivity contribution in [3.63, 3.8) is 0 Å². The van der Waals surface area contributed by atoms with Crippen LogP contribution in [0.15, 0.2) is 148 Å². The summed E-state index contributed by atoms with van der Waals surface area (Å²) in [4.78, 5) is 0. The Morgan fingerprint density at radius 2 is 0.958 bits per heavy atom. The van der Waals surface area contributed by atoms with Crippen LogP contribution in [0.4, 0.5) is 0 Å². The van der Waals surface area contributed by atoms with E-state index in [1.54, 1.807) is 0 Å². The number of allylic oxidation sites excluding steroid dienone is 1. The van der Waals surface area contributed by atoms with Gasteiger partial charge < -0.3 is 8.83 Å². The molecule has 8 aromatic carbocycles. The van der Waals surface area contributed by atoms with Crippen molar-refractivity contribution in [2.75, 3.05) is 0 Å². The molecule has 0 spiro atoms. The summed E-state index contributed by atoms with van der Waals surface area (Å²) >= 11 is 0. The molecule has 10 aromatic rings. The Kier molecular flexibility index (Phi) is 5.25. The van der Waals surface area contributed by atoms with E-state index in [-0.39, 0.29) is 0 Å². The molecule has 0 saturated carbocycles. The van der Waals surface area contributed by atoms with E-state index in [4.69, 9.17) is 8.83 Å². The van der Waals surface area contributed by atoms with Gasteiger partial charge in [0.1, 0.15) is 22.3 Å². The van der Waals surface area contributed by atoms with Gasteiger partial charge in [-0.1, -0.05) is 121 Å². The van der Waals surface area contributed by atoms with Gasteiger partial charge in [0.15, 0.2) is 0 Å². The number of rotatable bonds is 2. The van der Waals surface area contributed by atoms with E-state index >= 15 is 0 Å². The zero-order chi connectivity index (χ0) is 31.3. The van der Waals surface area contributed by atoms with Crippen molar-refractivity contribution in [1.29, 1.82) is 0 Å². The predicted octanol–water partition coefficient (Wildman–Crippen LogP) is 13.2. The molecule has 0 radical (unpaired) electrons. The number of aryl methyl sites for hydroxylation is 1. The number of benzene rings is 8. The standard InChI is InChI=1S/C46H28O2/c1-3-13-29-27(11-1)23-39(33-17-7-5-15-31(29)33)35-19-9-21-37-41-25-42-38-22-10-20-36(46(38)48-44(42)26-43(41)47-45(35)37)40-24-28-12-2-4-14-30(28)32-16-6-8-18-34(32)40/h1,3-11,13-26H,2,12H2. The summed E-state index contributed by atoms with van der Waals surface area (Å²) in [6.45, 7) is 0. The Morgan fingerprint density at radius 3 is 1.67 bits per heavy atom. The van der Waals surface area contributed by atoms with E-state index in [1.807, 2.05) is 0 Å². The van der Waals surface area contributed by atoms with E-state index in [0.29, 0.717) is 0 Å². The number of fused-ring (bicyclic) bond motifs is 12. The van der Waals surface area contributed by atoms with Crippen molar-refractivity contribution in [3.8, 4) is 22.3 Å². The van der Waals surface area contributed by atoms with Crippen molar-refractivity contribution in [2.24, 2.45) is 0 Å². The van der Waals surface area contributed by atoms with Gasteiger partial charge in [0.25, 0.3) is 0 Å². The van der Waals surface area contributed by atoms with E-state index in [2.05, 4.69) is 146 Å². The average Bonchev–Trinajstić information content (AvgIpc) is 3.70. The first kappa shape index (κ1) is 26.0. The molecular weight excluding hydrogens is 585 g/mol. The molecule has 1 aliphatic carbocycles. The third-order valence-electron chi connectivity index (χ3n) is 10.5. The average molecular weight is 613 g/mol. The Morgan fingerprint density at radius 1 is 0.396 bits per heavy atom. The molecule has 48 heavy (non-hydrogen) atoms. The molecule has 0 fully saturated rings. The summed E-state index contributed by atoms with van der Waals surface area (Å²) < 4.78 is 13.6. The van der Waals surface area contributed by atoms with Crippen molar-refractivity contribution in [3.05, 3.63) is 151 Å². The first-order valence-corrected chi connectivity index (χ1v) is 16.7. The molecule has 224 valence electrons. The molecule has 2 nitrogen and oxygen atoms in total. The highest BCUT2D eigenvalue weighted by molar-refractivity contribution is 6.21. The van der Waals surface area contributed by atoms with Crippen LogP contribution in [-0.2, 0) is 6.42 Å². The van der Waals surface area contributed by atoms with Crippen LogP contribution in [0.25, 0.3) is 105 Å². The van der Waals surface area contributed by atoms with Crippen LogP contribution in [0.1, 0.15) is 17.5 Å². The van der Waals surface area contributed by atoms with Crippen molar-refractivity contribution in [2.45, 2.75) is 12.8 Å². The zero-order valence-corrected chi connectivity index (χ0v) is 26.1. The van der Waals surface area contributed by atoms with E-state index in [0.717, 1.165) is 67.8 Å². The van der Waals surface area contributed by atoms with Crippen molar-refractivity contribution < 1.29 is 8.83 Å². The molecule has 0 saturated heterocycles. The minimum Gasteiger partial charge on any atom is -0.455 e. The lowest BCUT2D eigenvalue weighted by molar-refractivity contribution is 0.657. The Hall–Kier alpha value is -6.12. The number of hydrogen-bond acceptors (Lipinski definition) is 2. The Bertz CT molecular complexity index is 3000. The maximum atomic E-state index is 6.78. The van der Waals surface area contributed by atoms with Crippen molar-refractivity contribution >= 4 is 82.3 Å². The summed E-state index contributed by atoms with van der Waals surface area (Å²) in [5.41, 5.74) is 10.9. The molecular formula is C46H28O2. The van der Waals surface area contributed by atoms with E-state index in [9.17, 15) is 0 Å². The second kappa shape index (κ2) is 9.70. The molecule has 1 aliphatic rings. The fraction of sp³-hybridized carbons (Fsp3) is 0.0435. The monoisotopic (exact) mass is 612 g/mol. The maximum absolute atomic E-state index is 6.78. The maximum Gasteiger partial charge on any atom is 0.143 e. The van der Waals surface area contributed by atoms with Gasteiger partial charge in [0, 0.05) is 38.7 Å². The van der Waals surface area contributed by atoms with Gasteiger partial charge in [-0.05, 0) is 85.6 Å². The fourth-order valence-electron chi connectivity index (χ4n) is 8.31. The van der Waals surface area contributed by atoms with Gasteiger partial charge in [0.05, 0.1) is 0 Å². The van der Waals surface area contributed by atoms with Gasteiger partial charge >= 0.3 is 0 Å². The smallest absolute Gasteiger partial charge is 0.143 e. The second-order valence-corrected chi connectivity index (χ2v) is 13.1. The first-order valence-electron chi connectivity index (χ1n) is 16.7. The summed E-state index contributed by atoms with van der Waals surface area (Å²) in [6.07, 6.45) is 6.71. The minimum atomic E-state index is 0.835. The molecule has 0 N–H and O–H groups in total. The molecule has 0 unspecified atom stereocenters. The van der Waals surface area contributed by atoms with Gasteiger partial charge in [-0.25, -0.2) is 0 Å². The van der Waals surface area contributed by atoms with Crippen LogP contribution < -0.4 is 0 Å². The van der Waals surface area contributed by atoms with E-state index < -0.39 is 0 Å². The second-order valence-electron chi connectivity index (χ2n) is 13.1. The normalized spacial score (nSPS) is 13.2. The third-order valence-corrected chi connectivity index (χ3v) is 10.5. The number of para-hydroxylation sites is 2. The molecule has 0 bridgehead atoms. The summed E-state index contributed by atoms with van der Waals surface area (Å²) in [5.74, 6) is 0. The SMILES string of the molecule is C1=Cc2c(cc(-c3cccc4c3oc3cc5oc6c(-c7cc8ccccc8c8ccccc78)cccc6c5cc34)c3ccccc23)CC1. The molecule has 11 rings (SSSR count). The van der Waals surface area contributed by atoms with Crippen LogP contribution in [0, 0.1) is 0 Å². The number of hydrogen-bond donors (Lipinski definition) is 0. The van der Waals surface area contributed by atoms with Gasteiger partial charge in [-0.3, -0.25) is 0 Å². The fourth-order valence-corrected chi connectivity index (χ4v) is 8.31.